The van der Waals surface area contributed by atoms with Crippen LogP contribution in [-0.4, -0.2) is 16.5 Å². The maximum Gasteiger partial charge on any atom is 0.115 e. The van der Waals surface area contributed by atoms with Crippen molar-refractivity contribution < 1.29 is 0 Å². The number of hydrogen-bond acceptors (Lipinski definition) is 3. The van der Waals surface area contributed by atoms with Gasteiger partial charge in [-0.25, -0.2) is 9.97 Å². The fourth-order valence-corrected chi connectivity index (χ4v) is 1.08. The van der Waals surface area contributed by atoms with E-state index in [4.69, 9.17) is 0 Å². The van der Waals surface area contributed by atoms with E-state index in [2.05, 4.69) is 36.1 Å². The Labute approximate surface area is 86.0 Å². The van der Waals surface area contributed by atoms with Crippen LogP contribution in [0.4, 0.5) is 0 Å². The first-order chi connectivity index (χ1) is 6.64. The quantitative estimate of drug-likeness (QED) is 0.777. The third-order valence-corrected chi connectivity index (χ3v) is 2.51. The molecule has 1 rings (SSSR count). The summed E-state index contributed by atoms with van der Waals surface area (Å²) in [5.74, 6) is 0. The zero-order valence-corrected chi connectivity index (χ0v) is 9.25. The van der Waals surface area contributed by atoms with Crippen LogP contribution in [-0.2, 0) is 6.54 Å². The van der Waals surface area contributed by atoms with E-state index in [1.807, 2.05) is 6.07 Å². The highest BCUT2D eigenvalue weighted by Gasteiger charge is 2.13. The topological polar surface area (TPSA) is 37.8 Å². The molecule has 14 heavy (non-hydrogen) atoms. The van der Waals surface area contributed by atoms with Gasteiger partial charge in [-0.15, -0.1) is 0 Å². The molecule has 0 atom stereocenters. The molecule has 0 aliphatic carbocycles. The molecule has 3 nitrogen and oxygen atoms in total. The summed E-state index contributed by atoms with van der Waals surface area (Å²) in [6.07, 6.45) is 4.54. The smallest absolute Gasteiger partial charge is 0.115 e. The molecular formula is C11H19N3. The van der Waals surface area contributed by atoms with E-state index in [9.17, 15) is 0 Å². The number of nitrogens with one attached hydrogen (secondary N) is 1. The molecule has 0 radical (unpaired) electrons. The van der Waals surface area contributed by atoms with Gasteiger partial charge in [0.2, 0.25) is 0 Å². The third kappa shape index (κ3) is 3.83. The van der Waals surface area contributed by atoms with Gasteiger partial charge in [-0.05, 0) is 17.9 Å². The summed E-state index contributed by atoms with van der Waals surface area (Å²) in [7, 11) is 0. The Morgan fingerprint density at radius 2 is 2.21 bits per heavy atom. The number of hydrogen-bond donors (Lipinski definition) is 1. The van der Waals surface area contributed by atoms with Gasteiger partial charge in [0.1, 0.15) is 6.33 Å². The van der Waals surface area contributed by atoms with Gasteiger partial charge < -0.3 is 5.32 Å². The minimum atomic E-state index is 0.368. The lowest BCUT2D eigenvalue weighted by Crippen LogP contribution is -2.28. The predicted molar refractivity (Wildman–Crippen MR) is 57.8 cm³/mol. The highest BCUT2D eigenvalue weighted by molar-refractivity contribution is 4.97. The van der Waals surface area contributed by atoms with E-state index >= 15 is 0 Å². The van der Waals surface area contributed by atoms with Crippen LogP contribution in [0.5, 0.6) is 0 Å². The van der Waals surface area contributed by atoms with Crippen LogP contribution >= 0.6 is 0 Å². The van der Waals surface area contributed by atoms with Crippen molar-refractivity contribution in [2.24, 2.45) is 5.41 Å². The van der Waals surface area contributed by atoms with E-state index in [0.29, 0.717) is 5.41 Å². The zero-order valence-electron chi connectivity index (χ0n) is 9.25. The molecule has 0 saturated heterocycles. The van der Waals surface area contributed by atoms with Gasteiger partial charge in [-0.2, -0.15) is 0 Å². The van der Waals surface area contributed by atoms with Gasteiger partial charge in [-0.3, -0.25) is 0 Å². The molecule has 1 N–H and O–H groups in total. The first kappa shape index (κ1) is 11.1. The van der Waals surface area contributed by atoms with Crippen molar-refractivity contribution in [2.45, 2.75) is 33.7 Å². The second-order valence-electron chi connectivity index (χ2n) is 4.32. The molecule has 1 heterocycles. The van der Waals surface area contributed by atoms with Crippen LogP contribution in [0.25, 0.3) is 0 Å². The van der Waals surface area contributed by atoms with Crippen LogP contribution < -0.4 is 5.32 Å². The minimum absolute atomic E-state index is 0.368. The van der Waals surface area contributed by atoms with E-state index < -0.39 is 0 Å². The molecule has 0 bridgehead atoms. The molecule has 3 heteroatoms. The van der Waals surface area contributed by atoms with Crippen LogP contribution in [0.2, 0.25) is 0 Å². The zero-order chi connectivity index (χ0) is 10.4. The highest BCUT2D eigenvalue weighted by Crippen LogP contribution is 2.17. The van der Waals surface area contributed by atoms with E-state index in [-0.39, 0.29) is 0 Å². The number of aromatic nitrogens is 2. The molecule has 1 aromatic rings. The summed E-state index contributed by atoms with van der Waals surface area (Å²) in [5, 5.41) is 3.40. The van der Waals surface area contributed by atoms with Crippen LogP contribution in [0.15, 0.2) is 18.6 Å². The Kier molecular flexibility index (Phi) is 4.01. The molecule has 0 aromatic carbocycles. The summed E-state index contributed by atoms with van der Waals surface area (Å²) < 4.78 is 0. The normalized spacial score (nSPS) is 11.6. The van der Waals surface area contributed by atoms with Crippen LogP contribution in [0, 0.1) is 5.41 Å². The van der Waals surface area contributed by atoms with Crippen molar-refractivity contribution in [1.29, 1.82) is 0 Å². The largest absolute Gasteiger partial charge is 0.311 e. The second-order valence-corrected chi connectivity index (χ2v) is 4.32. The summed E-state index contributed by atoms with van der Waals surface area (Å²) in [5.41, 5.74) is 1.42. The predicted octanol–water partition coefficient (Wildman–Crippen LogP) is 2.00. The maximum absolute atomic E-state index is 4.15. The lowest BCUT2D eigenvalue weighted by Gasteiger charge is -2.22. The molecule has 0 fully saturated rings. The van der Waals surface area contributed by atoms with Crippen LogP contribution in [0.3, 0.4) is 0 Å². The minimum Gasteiger partial charge on any atom is -0.311 e. The van der Waals surface area contributed by atoms with Crippen molar-refractivity contribution >= 4 is 0 Å². The van der Waals surface area contributed by atoms with Gasteiger partial charge >= 0.3 is 0 Å². The van der Waals surface area contributed by atoms with Crippen molar-refractivity contribution in [3.8, 4) is 0 Å². The average Bonchev–Trinajstić information content (AvgIpc) is 2.19. The molecule has 0 saturated carbocycles. The monoisotopic (exact) mass is 193 g/mol. The molecule has 0 spiro atoms. The Balaban J connectivity index is 2.29. The molecule has 0 aliphatic heterocycles. The van der Waals surface area contributed by atoms with Crippen molar-refractivity contribution in [1.82, 2.24) is 15.3 Å². The first-order valence-corrected chi connectivity index (χ1v) is 5.10. The summed E-state index contributed by atoms with van der Waals surface area (Å²) in [6.45, 7) is 8.59. The highest BCUT2D eigenvalue weighted by atomic mass is 14.9. The van der Waals surface area contributed by atoms with Crippen molar-refractivity contribution in [3.05, 3.63) is 24.3 Å². The number of rotatable bonds is 5. The molecule has 0 aliphatic rings. The van der Waals surface area contributed by atoms with Gasteiger partial charge in [-0.1, -0.05) is 20.8 Å². The second kappa shape index (κ2) is 5.05. The lowest BCUT2D eigenvalue weighted by molar-refractivity contribution is 0.327. The molecule has 0 unspecified atom stereocenters. The molecule has 0 amide bonds. The summed E-state index contributed by atoms with van der Waals surface area (Å²) in [6, 6.07) is 1.94. The lowest BCUT2D eigenvalue weighted by atomic mass is 9.90. The standard InChI is InChI=1S/C11H19N3/c1-4-11(2,3)8-13-7-10-5-6-12-9-14-10/h5-6,9,13H,4,7-8H2,1-3H3. The Bertz CT molecular complexity index is 256. The fourth-order valence-electron chi connectivity index (χ4n) is 1.08. The van der Waals surface area contributed by atoms with Crippen molar-refractivity contribution in [3.63, 3.8) is 0 Å². The first-order valence-electron chi connectivity index (χ1n) is 5.10. The maximum atomic E-state index is 4.15. The van der Waals surface area contributed by atoms with Gasteiger partial charge in [0.05, 0.1) is 5.69 Å². The van der Waals surface area contributed by atoms with Crippen molar-refractivity contribution in [2.75, 3.05) is 6.54 Å². The molecular weight excluding hydrogens is 174 g/mol. The van der Waals surface area contributed by atoms with Gasteiger partial charge in [0.25, 0.3) is 0 Å². The van der Waals surface area contributed by atoms with Gasteiger partial charge in [0.15, 0.2) is 0 Å². The Morgan fingerprint density at radius 1 is 1.43 bits per heavy atom. The SMILES string of the molecule is CCC(C)(C)CNCc1ccncn1. The summed E-state index contributed by atoms with van der Waals surface area (Å²) >= 11 is 0. The van der Waals surface area contributed by atoms with E-state index in [0.717, 1.165) is 18.8 Å². The van der Waals surface area contributed by atoms with E-state index in [1.54, 1.807) is 12.5 Å². The Hall–Kier alpha value is -0.960. The Morgan fingerprint density at radius 3 is 2.79 bits per heavy atom. The molecule has 78 valence electrons. The fraction of sp³-hybridized carbons (Fsp3) is 0.636. The molecule has 1 aromatic heterocycles. The average molecular weight is 193 g/mol. The van der Waals surface area contributed by atoms with Gasteiger partial charge in [0, 0.05) is 19.3 Å². The number of nitrogens with zero attached hydrogens (tertiary/aromatic N) is 2. The summed E-state index contributed by atoms with van der Waals surface area (Å²) in [4.78, 5) is 8.03. The third-order valence-electron chi connectivity index (χ3n) is 2.51. The van der Waals surface area contributed by atoms with Crippen LogP contribution in [0.1, 0.15) is 32.9 Å². The van der Waals surface area contributed by atoms with E-state index in [1.165, 1.54) is 6.42 Å².